The van der Waals surface area contributed by atoms with Crippen LogP contribution in [0.4, 0.5) is 13.2 Å². The molecule has 120 valence electrons. The summed E-state index contributed by atoms with van der Waals surface area (Å²) >= 11 is 0.613. The maximum absolute atomic E-state index is 12.7. The Balaban J connectivity index is 2.78. The third-order valence-corrected chi connectivity index (χ3v) is 4.15. The van der Waals surface area contributed by atoms with Crippen LogP contribution in [0.2, 0.25) is 0 Å². The monoisotopic (exact) mass is 324 g/mol. The van der Waals surface area contributed by atoms with Gasteiger partial charge in [-0.25, -0.2) is 9.78 Å². The predicted molar refractivity (Wildman–Crippen MR) is 74.8 cm³/mol. The summed E-state index contributed by atoms with van der Waals surface area (Å²) in [6.45, 7) is 6.34. The van der Waals surface area contributed by atoms with Crippen molar-refractivity contribution < 1.29 is 23.1 Å². The number of thiazole rings is 1. The van der Waals surface area contributed by atoms with Crippen LogP contribution in [0.15, 0.2) is 0 Å². The van der Waals surface area contributed by atoms with Crippen LogP contribution in [0.3, 0.4) is 0 Å². The lowest BCUT2D eigenvalue weighted by molar-refractivity contribution is -0.141. The summed E-state index contributed by atoms with van der Waals surface area (Å²) < 4.78 is 38.2. The van der Waals surface area contributed by atoms with Crippen molar-refractivity contribution in [2.45, 2.75) is 39.3 Å². The van der Waals surface area contributed by atoms with Crippen LogP contribution in [0.25, 0.3) is 0 Å². The van der Waals surface area contributed by atoms with Gasteiger partial charge in [-0.05, 0) is 19.5 Å². The second-order valence-corrected chi connectivity index (χ2v) is 5.71. The van der Waals surface area contributed by atoms with Gasteiger partial charge in [0, 0.05) is 13.0 Å². The van der Waals surface area contributed by atoms with E-state index in [1.54, 1.807) is 0 Å². The SMILES string of the molecule is CCCCN(CC)CCc1nc(C(F)(F)F)c(C(=O)O)s1. The Labute approximate surface area is 125 Å². The van der Waals surface area contributed by atoms with Crippen molar-refractivity contribution in [3.63, 3.8) is 0 Å². The molecule has 0 saturated heterocycles. The highest BCUT2D eigenvalue weighted by atomic mass is 32.1. The highest BCUT2D eigenvalue weighted by molar-refractivity contribution is 7.13. The maximum atomic E-state index is 12.7. The second kappa shape index (κ2) is 7.74. The van der Waals surface area contributed by atoms with Crippen molar-refractivity contribution in [2.24, 2.45) is 0 Å². The van der Waals surface area contributed by atoms with Crippen LogP contribution < -0.4 is 0 Å². The molecule has 21 heavy (non-hydrogen) atoms. The van der Waals surface area contributed by atoms with E-state index in [-0.39, 0.29) is 5.01 Å². The Morgan fingerprint density at radius 3 is 2.43 bits per heavy atom. The average Bonchev–Trinajstić information content (AvgIpc) is 2.83. The van der Waals surface area contributed by atoms with Gasteiger partial charge in [-0.1, -0.05) is 20.3 Å². The largest absolute Gasteiger partial charge is 0.477 e. The first-order valence-electron chi connectivity index (χ1n) is 6.82. The topological polar surface area (TPSA) is 53.4 Å². The van der Waals surface area contributed by atoms with Gasteiger partial charge in [-0.2, -0.15) is 13.2 Å². The van der Waals surface area contributed by atoms with Crippen LogP contribution in [0.5, 0.6) is 0 Å². The van der Waals surface area contributed by atoms with Crippen LogP contribution in [-0.4, -0.2) is 40.6 Å². The molecule has 1 aromatic rings. The number of carbonyl (C=O) groups is 1. The van der Waals surface area contributed by atoms with Gasteiger partial charge < -0.3 is 10.0 Å². The summed E-state index contributed by atoms with van der Waals surface area (Å²) in [7, 11) is 0. The zero-order valence-electron chi connectivity index (χ0n) is 12.0. The van der Waals surface area contributed by atoms with Crippen LogP contribution in [0.1, 0.15) is 47.1 Å². The van der Waals surface area contributed by atoms with E-state index in [0.717, 1.165) is 25.9 Å². The first-order valence-corrected chi connectivity index (χ1v) is 7.63. The van der Waals surface area contributed by atoms with E-state index in [0.29, 0.717) is 24.3 Å². The minimum Gasteiger partial charge on any atom is -0.477 e. The number of aromatic carboxylic acids is 1. The Hall–Kier alpha value is -1.15. The number of hydrogen-bond acceptors (Lipinski definition) is 4. The second-order valence-electron chi connectivity index (χ2n) is 4.63. The summed E-state index contributed by atoms with van der Waals surface area (Å²) in [6, 6.07) is 0. The van der Waals surface area contributed by atoms with Gasteiger partial charge in [-0.15, -0.1) is 11.3 Å². The fourth-order valence-corrected chi connectivity index (χ4v) is 2.78. The minimum atomic E-state index is -4.73. The van der Waals surface area contributed by atoms with Gasteiger partial charge in [0.25, 0.3) is 0 Å². The molecule has 0 radical (unpaired) electrons. The van der Waals surface area contributed by atoms with Gasteiger partial charge in [0.15, 0.2) is 5.69 Å². The van der Waals surface area contributed by atoms with E-state index < -0.39 is 22.7 Å². The average molecular weight is 324 g/mol. The Morgan fingerprint density at radius 2 is 2.00 bits per heavy atom. The number of rotatable bonds is 8. The van der Waals surface area contributed by atoms with Gasteiger partial charge in [0.05, 0.1) is 5.01 Å². The number of hydrogen-bond donors (Lipinski definition) is 1. The molecule has 1 heterocycles. The third kappa shape index (κ3) is 5.28. The van der Waals surface area contributed by atoms with Crippen molar-refractivity contribution in [2.75, 3.05) is 19.6 Å². The molecule has 0 aromatic carbocycles. The summed E-state index contributed by atoms with van der Waals surface area (Å²) in [4.78, 5) is 15.7. The molecular formula is C13H19F3N2O2S. The van der Waals surface area contributed by atoms with E-state index in [1.807, 2.05) is 6.92 Å². The van der Waals surface area contributed by atoms with Gasteiger partial charge in [0.1, 0.15) is 4.88 Å². The molecule has 0 aliphatic heterocycles. The number of halogens is 3. The number of carboxylic acids is 1. The van der Waals surface area contributed by atoms with E-state index in [2.05, 4.69) is 16.8 Å². The highest BCUT2D eigenvalue weighted by Gasteiger charge is 2.39. The number of aromatic nitrogens is 1. The molecule has 0 spiro atoms. The number of carboxylic acid groups (broad SMARTS) is 1. The van der Waals surface area contributed by atoms with Crippen LogP contribution in [-0.2, 0) is 12.6 Å². The van der Waals surface area contributed by atoms with E-state index >= 15 is 0 Å². The van der Waals surface area contributed by atoms with Gasteiger partial charge >= 0.3 is 12.1 Å². The molecule has 0 fully saturated rings. The Morgan fingerprint density at radius 1 is 1.33 bits per heavy atom. The van der Waals surface area contributed by atoms with Crippen molar-refractivity contribution >= 4 is 17.3 Å². The molecule has 0 amide bonds. The lowest BCUT2D eigenvalue weighted by Crippen LogP contribution is -2.26. The van der Waals surface area contributed by atoms with Crippen LogP contribution in [0, 0.1) is 0 Å². The van der Waals surface area contributed by atoms with E-state index in [4.69, 9.17) is 5.11 Å². The lowest BCUT2D eigenvalue weighted by atomic mass is 10.3. The molecule has 4 nitrogen and oxygen atoms in total. The standard InChI is InChI=1S/C13H19F3N2O2S/c1-3-5-7-18(4-2)8-6-9-17-11(13(14,15)16)10(21-9)12(19)20/h3-8H2,1-2H3,(H,19,20). The summed E-state index contributed by atoms with van der Waals surface area (Å²) in [5.41, 5.74) is -1.29. The van der Waals surface area contributed by atoms with Crippen LogP contribution >= 0.6 is 11.3 Å². The molecule has 1 rings (SSSR count). The quantitative estimate of drug-likeness (QED) is 0.795. The van der Waals surface area contributed by atoms with E-state index in [1.165, 1.54) is 0 Å². The molecule has 0 bridgehead atoms. The highest BCUT2D eigenvalue weighted by Crippen LogP contribution is 2.34. The zero-order valence-corrected chi connectivity index (χ0v) is 12.9. The van der Waals surface area contributed by atoms with Gasteiger partial charge in [0.2, 0.25) is 0 Å². The maximum Gasteiger partial charge on any atom is 0.435 e. The normalized spacial score (nSPS) is 12.1. The van der Waals surface area contributed by atoms with Crippen molar-refractivity contribution in [1.29, 1.82) is 0 Å². The molecule has 0 saturated carbocycles. The number of likely N-dealkylation sites (N-methyl/N-ethyl adjacent to an activating group) is 1. The molecule has 0 atom stereocenters. The first-order chi connectivity index (χ1) is 9.79. The Bertz CT molecular complexity index is 474. The molecular weight excluding hydrogens is 305 g/mol. The molecule has 0 unspecified atom stereocenters. The van der Waals surface area contributed by atoms with Crippen molar-refractivity contribution in [1.82, 2.24) is 9.88 Å². The molecule has 8 heteroatoms. The Kier molecular flexibility index (Phi) is 6.60. The fraction of sp³-hybridized carbons (Fsp3) is 0.692. The molecule has 1 aromatic heterocycles. The number of unbranched alkanes of at least 4 members (excludes halogenated alkanes) is 1. The molecule has 0 aliphatic rings. The third-order valence-electron chi connectivity index (χ3n) is 3.05. The van der Waals surface area contributed by atoms with Gasteiger partial charge in [-0.3, -0.25) is 0 Å². The lowest BCUT2D eigenvalue weighted by Gasteiger charge is -2.19. The molecule has 1 N–H and O–H groups in total. The summed E-state index contributed by atoms with van der Waals surface area (Å²) in [5.74, 6) is -1.58. The minimum absolute atomic E-state index is 0.217. The smallest absolute Gasteiger partial charge is 0.435 e. The summed E-state index contributed by atoms with van der Waals surface area (Å²) in [5, 5.41) is 9.06. The predicted octanol–water partition coefficient (Wildman–Crippen LogP) is 3.52. The van der Waals surface area contributed by atoms with Crippen molar-refractivity contribution in [3.8, 4) is 0 Å². The molecule has 0 aliphatic carbocycles. The zero-order chi connectivity index (χ0) is 16.0. The summed E-state index contributed by atoms with van der Waals surface area (Å²) in [6.07, 6.45) is -2.32. The van der Waals surface area contributed by atoms with Crippen molar-refractivity contribution in [3.05, 3.63) is 15.6 Å². The number of alkyl halides is 3. The van der Waals surface area contributed by atoms with E-state index in [9.17, 15) is 18.0 Å². The first kappa shape index (κ1) is 17.9. The fourth-order valence-electron chi connectivity index (χ4n) is 1.87. The number of nitrogens with zero attached hydrogens (tertiary/aromatic N) is 2.